The van der Waals surface area contributed by atoms with Crippen LogP contribution in [-0.2, 0) is 6.54 Å². The summed E-state index contributed by atoms with van der Waals surface area (Å²) in [5.41, 5.74) is 6.29. The number of anilines is 2. The molecule has 0 aromatic carbocycles. The van der Waals surface area contributed by atoms with Gasteiger partial charge in [-0.2, -0.15) is 0 Å². The fourth-order valence-corrected chi connectivity index (χ4v) is 0.912. The molecule has 0 aliphatic carbocycles. The summed E-state index contributed by atoms with van der Waals surface area (Å²) >= 11 is 0. The van der Waals surface area contributed by atoms with Crippen LogP contribution < -0.4 is 11.1 Å². The molecule has 2 aromatic heterocycles. The lowest BCUT2D eigenvalue weighted by molar-refractivity contribution is 0.574. The van der Waals surface area contributed by atoms with Crippen LogP contribution in [0.1, 0.15) is 5.56 Å². The van der Waals surface area contributed by atoms with Crippen LogP contribution in [0.3, 0.4) is 0 Å². The van der Waals surface area contributed by atoms with Crippen LogP contribution >= 0.6 is 0 Å². The lowest BCUT2D eigenvalue weighted by Gasteiger charge is -2.00. The zero-order valence-electron chi connectivity index (χ0n) is 7.34. The van der Waals surface area contributed by atoms with Crippen molar-refractivity contribution in [2.24, 2.45) is 5.73 Å². The Labute approximate surface area is 80.2 Å². The Hall–Kier alpha value is -1.95. The first-order chi connectivity index (χ1) is 6.88. The van der Waals surface area contributed by atoms with Gasteiger partial charge in [-0.3, -0.25) is 5.32 Å². The minimum Gasteiger partial charge on any atom is -0.428 e. The Balaban J connectivity index is 2.10. The molecule has 14 heavy (non-hydrogen) atoms. The van der Waals surface area contributed by atoms with Gasteiger partial charge in [0.25, 0.3) is 0 Å². The standard InChI is InChI=1S/C8H9N5O/c9-1-6-2-11-8(12-3-6)13-7-4-10-5-14-7/h2-5H,1,9H2,(H,11,12,13). The Bertz CT molecular complexity index is 383. The van der Waals surface area contributed by atoms with Gasteiger partial charge in [0.2, 0.25) is 11.8 Å². The first-order valence-electron chi connectivity index (χ1n) is 4.05. The van der Waals surface area contributed by atoms with Crippen LogP contribution in [0.5, 0.6) is 0 Å². The highest BCUT2D eigenvalue weighted by Crippen LogP contribution is 2.10. The Morgan fingerprint density at radius 2 is 2.07 bits per heavy atom. The molecular formula is C8H9N5O. The van der Waals surface area contributed by atoms with Gasteiger partial charge in [-0.1, -0.05) is 0 Å². The number of rotatable bonds is 3. The number of hydrogen-bond acceptors (Lipinski definition) is 6. The van der Waals surface area contributed by atoms with Crippen molar-refractivity contribution in [1.29, 1.82) is 0 Å². The maximum Gasteiger partial charge on any atom is 0.229 e. The predicted octanol–water partition coefficient (Wildman–Crippen LogP) is 0.667. The number of nitrogens with zero attached hydrogens (tertiary/aromatic N) is 3. The molecular weight excluding hydrogens is 182 g/mol. The van der Waals surface area contributed by atoms with Gasteiger partial charge in [-0.05, 0) is 0 Å². The lowest BCUT2D eigenvalue weighted by Crippen LogP contribution is -2.00. The molecule has 2 rings (SSSR count). The number of aromatic nitrogens is 3. The van der Waals surface area contributed by atoms with Crippen LogP contribution in [0.15, 0.2) is 29.4 Å². The van der Waals surface area contributed by atoms with Gasteiger partial charge in [-0.15, -0.1) is 0 Å². The second-order valence-electron chi connectivity index (χ2n) is 2.61. The molecule has 0 amide bonds. The molecule has 0 radical (unpaired) electrons. The Morgan fingerprint density at radius 3 is 2.64 bits per heavy atom. The fourth-order valence-electron chi connectivity index (χ4n) is 0.912. The van der Waals surface area contributed by atoms with Crippen molar-refractivity contribution in [1.82, 2.24) is 15.0 Å². The second-order valence-corrected chi connectivity index (χ2v) is 2.61. The summed E-state index contributed by atoms with van der Waals surface area (Å²) in [5.74, 6) is 0.962. The van der Waals surface area contributed by atoms with E-state index in [9.17, 15) is 0 Å². The van der Waals surface area contributed by atoms with E-state index in [2.05, 4.69) is 20.3 Å². The minimum atomic E-state index is 0.433. The molecule has 0 aliphatic heterocycles. The second kappa shape index (κ2) is 3.84. The number of oxazole rings is 1. The number of nitrogens with two attached hydrogens (primary N) is 1. The van der Waals surface area contributed by atoms with E-state index in [-0.39, 0.29) is 0 Å². The van der Waals surface area contributed by atoms with Crippen LogP contribution in [-0.4, -0.2) is 15.0 Å². The van der Waals surface area contributed by atoms with Gasteiger partial charge in [0.05, 0.1) is 6.20 Å². The molecule has 6 heteroatoms. The van der Waals surface area contributed by atoms with E-state index >= 15 is 0 Å². The first-order valence-corrected chi connectivity index (χ1v) is 4.05. The average molecular weight is 191 g/mol. The van der Waals surface area contributed by atoms with E-state index in [1.165, 1.54) is 6.39 Å². The molecule has 72 valence electrons. The van der Waals surface area contributed by atoms with E-state index < -0.39 is 0 Å². The molecule has 0 unspecified atom stereocenters. The maximum absolute atomic E-state index is 5.41. The largest absolute Gasteiger partial charge is 0.428 e. The first kappa shape index (κ1) is 8.64. The SMILES string of the molecule is NCc1cnc(Nc2cnco2)nc1. The molecule has 0 aliphatic rings. The Kier molecular flexibility index (Phi) is 2.37. The van der Waals surface area contributed by atoms with Gasteiger partial charge in [-0.25, -0.2) is 15.0 Å². The van der Waals surface area contributed by atoms with Gasteiger partial charge >= 0.3 is 0 Å². The normalized spacial score (nSPS) is 10.1. The van der Waals surface area contributed by atoms with Crippen molar-refractivity contribution < 1.29 is 4.42 Å². The quantitative estimate of drug-likeness (QED) is 0.740. The molecule has 0 bridgehead atoms. The van der Waals surface area contributed by atoms with Crippen molar-refractivity contribution >= 4 is 11.8 Å². The highest BCUT2D eigenvalue weighted by Gasteiger charge is 1.99. The molecule has 2 aromatic rings. The summed E-state index contributed by atoms with van der Waals surface area (Å²) in [5, 5.41) is 2.84. The molecule has 0 saturated carbocycles. The molecule has 3 N–H and O–H groups in total. The van der Waals surface area contributed by atoms with Crippen molar-refractivity contribution in [2.45, 2.75) is 6.54 Å². The maximum atomic E-state index is 5.41. The van der Waals surface area contributed by atoms with Gasteiger partial charge in [0.1, 0.15) is 0 Å². The lowest BCUT2D eigenvalue weighted by atomic mass is 10.3. The Morgan fingerprint density at radius 1 is 1.29 bits per heavy atom. The highest BCUT2D eigenvalue weighted by atomic mass is 16.4. The van der Waals surface area contributed by atoms with E-state index in [1.807, 2.05) is 0 Å². The summed E-state index contributed by atoms with van der Waals surface area (Å²) in [6.45, 7) is 0.433. The third-order valence-electron chi connectivity index (χ3n) is 1.61. The third-order valence-corrected chi connectivity index (χ3v) is 1.61. The van der Waals surface area contributed by atoms with Crippen molar-refractivity contribution in [3.8, 4) is 0 Å². The molecule has 0 spiro atoms. The van der Waals surface area contributed by atoms with Crippen molar-refractivity contribution in [3.05, 3.63) is 30.5 Å². The molecule has 2 heterocycles. The average Bonchev–Trinajstić information content (AvgIpc) is 2.72. The summed E-state index contributed by atoms with van der Waals surface area (Å²) in [6, 6.07) is 0. The fraction of sp³-hybridized carbons (Fsp3) is 0.125. The van der Waals surface area contributed by atoms with Gasteiger partial charge < -0.3 is 10.2 Å². The van der Waals surface area contributed by atoms with Gasteiger partial charge in [0.15, 0.2) is 6.39 Å². The van der Waals surface area contributed by atoms with Crippen LogP contribution in [0.4, 0.5) is 11.8 Å². The summed E-state index contributed by atoms with van der Waals surface area (Å²) in [4.78, 5) is 11.8. The smallest absolute Gasteiger partial charge is 0.229 e. The predicted molar refractivity (Wildman–Crippen MR) is 49.7 cm³/mol. The zero-order valence-corrected chi connectivity index (χ0v) is 7.34. The number of hydrogen-bond donors (Lipinski definition) is 2. The molecule has 0 saturated heterocycles. The van der Waals surface area contributed by atoms with Crippen LogP contribution in [0.2, 0.25) is 0 Å². The van der Waals surface area contributed by atoms with E-state index in [0.29, 0.717) is 18.4 Å². The monoisotopic (exact) mass is 191 g/mol. The zero-order chi connectivity index (χ0) is 9.80. The number of nitrogens with one attached hydrogen (secondary N) is 1. The topological polar surface area (TPSA) is 89.9 Å². The summed E-state index contributed by atoms with van der Waals surface area (Å²) < 4.78 is 4.97. The van der Waals surface area contributed by atoms with Crippen molar-refractivity contribution in [3.63, 3.8) is 0 Å². The third kappa shape index (κ3) is 1.86. The van der Waals surface area contributed by atoms with E-state index in [4.69, 9.17) is 10.2 Å². The van der Waals surface area contributed by atoms with Crippen LogP contribution in [0, 0.1) is 0 Å². The van der Waals surface area contributed by atoms with E-state index in [0.717, 1.165) is 5.56 Å². The summed E-state index contributed by atoms with van der Waals surface area (Å²) in [7, 11) is 0. The summed E-state index contributed by atoms with van der Waals surface area (Å²) in [6.07, 6.45) is 6.19. The molecule has 0 fully saturated rings. The minimum absolute atomic E-state index is 0.433. The van der Waals surface area contributed by atoms with E-state index in [1.54, 1.807) is 18.6 Å². The molecule has 6 nitrogen and oxygen atoms in total. The van der Waals surface area contributed by atoms with Gasteiger partial charge in [0, 0.05) is 24.5 Å². The molecule has 0 atom stereocenters. The van der Waals surface area contributed by atoms with Crippen molar-refractivity contribution in [2.75, 3.05) is 5.32 Å². The highest BCUT2D eigenvalue weighted by molar-refractivity contribution is 5.42. The van der Waals surface area contributed by atoms with Crippen LogP contribution in [0.25, 0.3) is 0 Å².